The Morgan fingerprint density at radius 3 is 2.41 bits per heavy atom. The van der Waals surface area contributed by atoms with Crippen molar-refractivity contribution in [1.29, 1.82) is 0 Å². The van der Waals surface area contributed by atoms with Gasteiger partial charge in [-0.25, -0.2) is 0 Å². The number of hydrogen-bond acceptors (Lipinski definition) is 3. The van der Waals surface area contributed by atoms with Gasteiger partial charge in [-0.2, -0.15) is 13.2 Å². The summed E-state index contributed by atoms with van der Waals surface area (Å²) in [6.07, 6.45) is -3.87. The second kappa shape index (κ2) is 9.61. The van der Waals surface area contributed by atoms with Crippen molar-refractivity contribution in [1.82, 2.24) is 4.90 Å². The zero-order valence-corrected chi connectivity index (χ0v) is 19.9. The van der Waals surface area contributed by atoms with Crippen LogP contribution in [0.2, 0.25) is 0 Å². The summed E-state index contributed by atoms with van der Waals surface area (Å²) >= 11 is 0. The fourth-order valence-corrected chi connectivity index (χ4v) is 4.37. The molecule has 0 atom stereocenters. The van der Waals surface area contributed by atoms with E-state index in [0.29, 0.717) is 36.5 Å². The number of fused-ring (bicyclic) bond motifs is 1. The highest BCUT2D eigenvalue weighted by Crippen LogP contribution is 2.32. The molecular formula is C29H23F3N2O3. The molecule has 0 saturated carbocycles. The molecule has 5 rings (SSSR count). The number of carbonyl (C=O) groups is 2. The zero-order chi connectivity index (χ0) is 26.2. The molecule has 4 aromatic rings. The van der Waals surface area contributed by atoms with Crippen LogP contribution in [0.5, 0.6) is 0 Å². The summed E-state index contributed by atoms with van der Waals surface area (Å²) in [4.78, 5) is 27.3. The van der Waals surface area contributed by atoms with Crippen LogP contribution in [0.1, 0.15) is 43.2 Å². The minimum Gasteiger partial charge on any atom is -0.461 e. The molecular weight excluding hydrogens is 481 g/mol. The molecule has 37 heavy (non-hydrogen) atoms. The van der Waals surface area contributed by atoms with Crippen molar-refractivity contribution in [2.45, 2.75) is 26.1 Å². The van der Waals surface area contributed by atoms with Crippen molar-refractivity contribution < 1.29 is 27.2 Å². The quantitative estimate of drug-likeness (QED) is 0.335. The summed E-state index contributed by atoms with van der Waals surface area (Å²) in [6.45, 7) is 2.94. The fraction of sp³-hybridized carbons (Fsp3) is 0.172. The fourth-order valence-electron chi connectivity index (χ4n) is 4.37. The van der Waals surface area contributed by atoms with Crippen LogP contribution >= 0.6 is 0 Å². The Balaban J connectivity index is 1.30. The maximum Gasteiger partial charge on any atom is 0.416 e. The summed E-state index contributed by atoms with van der Waals surface area (Å²) in [5, 5.41) is 2.72. The van der Waals surface area contributed by atoms with Gasteiger partial charge in [-0.15, -0.1) is 0 Å². The minimum absolute atomic E-state index is 0.0231. The Labute approximate surface area is 211 Å². The lowest BCUT2D eigenvalue weighted by Gasteiger charge is -2.26. The van der Waals surface area contributed by atoms with E-state index in [2.05, 4.69) is 5.32 Å². The van der Waals surface area contributed by atoms with Gasteiger partial charge in [-0.1, -0.05) is 29.8 Å². The lowest BCUT2D eigenvalue weighted by atomic mass is 10.1. The zero-order valence-electron chi connectivity index (χ0n) is 19.9. The standard InChI is InChI=1S/C29H23F3N2O3/c1-18-4-2-6-21(14-18)28(36)34-13-12-25-22(17-34)16-26(37-25)20-5-3-7-24(15-20)33-27(35)19-8-10-23(11-9-19)29(30,31)32/h2-11,14-16H,12-13,17H2,1H3,(H,33,35). The molecule has 3 aromatic carbocycles. The number of rotatable bonds is 4. The number of nitrogens with zero attached hydrogens (tertiary/aromatic N) is 1. The molecule has 0 saturated heterocycles. The second-order valence-electron chi connectivity index (χ2n) is 9.02. The van der Waals surface area contributed by atoms with E-state index < -0.39 is 17.6 Å². The van der Waals surface area contributed by atoms with Gasteiger partial charge in [-0.05, 0) is 61.5 Å². The number of alkyl halides is 3. The largest absolute Gasteiger partial charge is 0.461 e. The number of carbonyl (C=O) groups excluding carboxylic acids is 2. The maximum absolute atomic E-state index is 13.0. The molecule has 2 amide bonds. The first kappa shape index (κ1) is 24.4. The van der Waals surface area contributed by atoms with Crippen molar-refractivity contribution >= 4 is 17.5 Å². The number of furan rings is 1. The van der Waals surface area contributed by atoms with E-state index in [-0.39, 0.29) is 11.5 Å². The summed E-state index contributed by atoms with van der Waals surface area (Å²) in [5.41, 5.74) is 3.13. The lowest BCUT2D eigenvalue weighted by molar-refractivity contribution is -0.137. The van der Waals surface area contributed by atoms with Gasteiger partial charge in [-0.3, -0.25) is 9.59 Å². The van der Waals surface area contributed by atoms with Crippen LogP contribution in [0, 0.1) is 6.92 Å². The summed E-state index contributed by atoms with van der Waals surface area (Å²) < 4.78 is 44.4. The van der Waals surface area contributed by atoms with Gasteiger partial charge in [0.25, 0.3) is 11.8 Å². The highest BCUT2D eigenvalue weighted by molar-refractivity contribution is 6.04. The molecule has 0 radical (unpaired) electrons. The Hall–Kier alpha value is -4.33. The summed E-state index contributed by atoms with van der Waals surface area (Å²) in [6, 6.07) is 20.5. The van der Waals surface area contributed by atoms with E-state index in [1.165, 1.54) is 0 Å². The first-order chi connectivity index (χ1) is 17.7. The van der Waals surface area contributed by atoms with Crippen molar-refractivity contribution in [3.63, 3.8) is 0 Å². The molecule has 0 unspecified atom stereocenters. The normalized spacial score (nSPS) is 13.2. The van der Waals surface area contributed by atoms with Gasteiger partial charge in [0.2, 0.25) is 0 Å². The van der Waals surface area contributed by atoms with Gasteiger partial charge in [0.1, 0.15) is 11.5 Å². The van der Waals surface area contributed by atoms with Crippen molar-refractivity contribution in [2.24, 2.45) is 0 Å². The van der Waals surface area contributed by atoms with Gasteiger partial charge in [0.05, 0.1) is 5.56 Å². The molecule has 0 spiro atoms. The van der Waals surface area contributed by atoms with E-state index >= 15 is 0 Å². The Kier molecular flexibility index (Phi) is 6.33. The van der Waals surface area contributed by atoms with Crippen LogP contribution in [-0.4, -0.2) is 23.3 Å². The topological polar surface area (TPSA) is 62.6 Å². The molecule has 8 heteroatoms. The Morgan fingerprint density at radius 1 is 0.919 bits per heavy atom. The summed E-state index contributed by atoms with van der Waals surface area (Å²) in [5.74, 6) is 0.892. The van der Waals surface area contributed by atoms with Crippen LogP contribution in [0.3, 0.4) is 0 Å². The number of amides is 2. The smallest absolute Gasteiger partial charge is 0.416 e. The second-order valence-corrected chi connectivity index (χ2v) is 9.02. The van der Waals surface area contributed by atoms with Crippen LogP contribution in [0.15, 0.2) is 83.3 Å². The highest BCUT2D eigenvalue weighted by atomic mass is 19.4. The van der Waals surface area contributed by atoms with Crippen LogP contribution < -0.4 is 5.32 Å². The monoisotopic (exact) mass is 504 g/mol. The number of anilines is 1. The van der Waals surface area contributed by atoms with Crippen LogP contribution in [0.4, 0.5) is 18.9 Å². The first-order valence-corrected chi connectivity index (χ1v) is 11.7. The van der Waals surface area contributed by atoms with Crippen molar-refractivity contribution in [2.75, 3.05) is 11.9 Å². The van der Waals surface area contributed by atoms with E-state index in [0.717, 1.165) is 46.7 Å². The highest BCUT2D eigenvalue weighted by Gasteiger charge is 2.30. The molecule has 0 aliphatic carbocycles. The minimum atomic E-state index is -4.46. The van der Waals surface area contributed by atoms with Crippen molar-refractivity contribution in [3.8, 4) is 11.3 Å². The van der Waals surface area contributed by atoms with Crippen LogP contribution in [0.25, 0.3) is 11.3 Å². The molecule has 0 bridgehead atoms. The predicted octanol–water partition coefficient (Wildman–Crippen LogP) is 6.72. The van der Waals surface area contributed by atoms with E-state index in [4.69, 9.17) is 4.42 Å². The molecule has 188 valence electrons. The average Bonchev–Trinajstić information content (AvgIpc) is 3.31. The third-order valence-electron chi connectivity index (χ3n) is 6.30. The van der Waals surface area contributed by atoms with Gasteiger partial charge in [0, 0.05) is 47.5 Å². The maximum atomic E-state index is 13.0. The van der Waals surface area contributed by atoms with E-state index in [1.807, 2.05) is 43.3 Å². The van der Waals surface area contributed by atoms with Gasteiger partial charge in [0.15, 0.2) is 0 Å². The third-order valence-corrected chi connectivity index (χ3v) is 6.30. The van der Waals surface area contributed by atoms with E-state index in [9.17, 15) is 22.8 Å². The predicted molar refractivity (Wildman–Crippen MR) is 133 cm³/mol. The molecule has 2 heterocycles. The number of nitrogens with one attached hydrogen (secondary N) is 1. The number of aryl methyl sites for hydroxylation is 1. The average molecular weight is 505 g/mol. The number of hydrogen-bond donors (Lipinski definition) is 1. The number of benzene rings is 3. The molecule has 5 nitrogen and oxygen atoms in total. The lowest BCUT2D eigenvalue weighted by Crippen LogP contribution is -2.35. The Morgan fingerprint density at radius 2 is 1.68 bits per heavy atom. The van der Waals surface area contributed by atoms with Crippen LogP contribution in [-0.2, 0) is 19.1 Å². The third kappa shape index (κ3) is 5.28. The SMILES string of the molecule is Cc1cccc(C(=O)N2CCc3oc(-c4cccc(NC(=O)c5ccc(C(F)(F)F)cc5)c4)cc3C2)c1. The summed E-state index contributed by atoms with van der Waals surface area (Å²) in [7, 11) is 0. The molecule has 1 aromatic heterocycles. The number of halogens is 3. The van der Waals surface area contributed by atoms with Gasteiger partial charge < -0.3 is 14.6 Å². The van der Waals surface area contributed by atoms with Gasteiger partial charge >= 0.3 is 6.18 Å². The van der Waals surface area contributed by atoms with E-state index in [1.54, 1.807) is 23.1 Å². The molecule has 0 fully saturated rings. The molecule has 1 aliphatic heterocycles. The first-order valence-electron chi connectivity index (χ1n) is 11.7. The Bertz CT molecular complexity index is 1470. The molecule has 1 aliphatic rings. The molecule has 1 N–H and O–H groups in total. The van der Waals surface area contributed by atoms with Crippen molar-refractivity contribution in [3.05, 3.63) is 112 Å².